The van der Waals surface area contributed by atoms with Gasteiger partial charge in [-0.05, 0) is 6.92 Å². The van der Waals surface area contributed by atoms with E-state index in [1.807, 2.05) is 31.9 Å². The minimum atomic E-state index is -1.00. The van der Waals surface area contributed by atoms with Crippen LogP contribution in [0.4, 0.5) is 4.39 Å². The molecule has 0 spiro atoms. The third-order valence-corrected chi connectivity index (χ3v) is 34.9. The number of aliphatic imine (C=N–C) groups is 4. The fourth-order valence-corrected chi connectivity index (χ4v) is 11.5. The SMILES string of the molecule is CCOC(=S)[S-].COC(=O)[C-]=[W].COC(=O)[C-]=[W].COC(=O)[C-]=[W].CSC1=N[C](=[W])[C](=[W])O1.CSC1=N[C](=[W])[C](=[W])O1.CSC1=N[C](=[W])[C](=[W])O1.CSC1=N[C](=[W])[C](=[W])O1.ClC[C-]=[W].N[C](=[W])[C](O)=[W].OC[C-]=[W].S=C1N[C](=[W])[C](=[W])O1.[2H]CF.[C-]#[N+][C-]=[W].[K+]. The molecule has 0 aromatic carbocycles. The van der Waals surface area contributed by atoms with Crippen molar-refractivity contribution in [1.82, 2.24) is 5.32 Å². The van der Waals surface area contributed by atoms with Gasteiger partial charge in [-0.2, -0.15) is 0 Å². The molecular weight excluding hydrogens is 4430 g/mol. The van der Waals surface area contributed by atoms with Gasteiger partial charge >= 0.3 is 754 Å². The first-order valence-electron chi connectivity index (χ1n) is 20.2. The molecule has 21 nitrogen and oxygen atoms in total. The smallest absolute Gasteiger partial charge is 1.00 e. The van der Waals surface area contributed by atoms with Gasteiger partial charge < -0.3 is 29.6 Å². The number of hydrogen-bond donors (Lipinski definition) is 4. The van der Waals surface area contributed by atoms with Gasteiger partial charge in [-0.25, -0.2) is 0 Å². The Labute approximate surface area is 796 Å². The standard InChI is InChI=1S/4C4H3NOS.C3HNOS.3C3H3O2.C3H6OS2.C2H2Cl.C2H3NO.C2N.C2H3O.CH3F.K.18W/c4*1-7-4-5-2-3-6-4;6-3-4-1-2-5-3;3*1-3(4)5-2;1-2-4-3(5)6;1-2-3;3-1-2-4;1-3-2;1-2-3;1-2;;;;;;;;;;;;;;;;;;;/h4*1H3;(H,4,6);3*2H3;2H2,1H3,(H,5,6);2H2;4H,3H2;;3H,2H2;1H3;;;;;;;;;;;;;;;;;;;/q;;;;;3*-1;;-1;;2*-1;;+1;;;;;;;;;;;;;;;;;;/p-1/i;;;;;;;;;;;;;1D;;;;;;;;;;;;;;;;;;;. The first-order valence-corrected chi connectivity index (χ1v) is 52.5. The average molecular weight is 4470 g/mol. The Balaban J connectivity index is -0.0000000967. The molecule has 0 aromatic rings. The van der Waals surface area contributed by atoms with Crippen molar-refractivity contribution in [2.45, 2.75) is 6.92 Å². The van der Waals surface area contributed by atoms with E-state index in [0.717, 1.165) is 178 Å². The third-order valence-electron chi connectivity index (χ3n) is 4.92. The van der Waals surface area contributed by atoms with Crippen LogP contribution in [0.15, 0.2) is 20.0 Å². The minimum absolute atomic E-state index is 0. The van der Waals surface area contributed by atoms with Gasteiger partial charge in [-0.15, -0.1) is 0 Å². The molecule has 0 unspecified atom stereocenters. The van der Waals surface area contributed by atoms with Gasteiger partial charge in [0.05, 0.1) is 15.1 Å². The molecule has 0 radical (unpaired) electrons. The number of halogens is 2. The Hall–Kier alpha value is 8.77. The Morgan fingerprint density at radius 3 is 0.966 bits per heavy atom. The van der Waals surface area contributed by atoms with E-state index in [1.54, 1.807) is 47.0 Å². The zero-order valence-corrected chi connectivity index (χ0v) is 108. The number of aliphatic hydroxyl groups is 2. The van der Waals surface area contributed by atoms with Crippen LogP contribution in [-0.2, 0) is 418 Å². The summed E-state index contributed by atoms with van der Waals surface area (Å²) in [6.07, 6.45) is 7.87. The molecule has 0 bridgehead atoms. The molecule has 0 amide bonds. The summed E-state index contributed by atoms with van der Waals surface area (Å²) in [5.74, 6) is -0.532. The van der Waals surface area contributed by atoms with E-state index < -0.39 is 7.15 Å². The summed E-state index contributed by atoms with van der Waals surface area (Å²) in [7, 11) is 2.99. The van der Waals surface area contributed by atoms with Crippen molar-refractivity contribution in [3.8, 4) is 0 Å². The van der Waals surface area contributed by atoms with Crippen LogP contribution in [0.1, 0.15) is 8.29 Å². The number of thioether (sulfide) groups is 4. The summed E-state index contributed by atoms with van der Waals surface area (Å²) >= 11 is 47.3. The van der Waals surface area contributed by atoms with E-state index >= 15 is 0 Å². The number of nitrogens with zero attached hydrogens (tertiary/aromatic N) is 5. The molecule has 1 fully saturated rings. The summed E-state index contributed by atoms with van der Waals surface area (Å²) in [6, 6.07) is 0. The predicted octanol–water partition coefficient (Wildman–Crippen LogP) is -5.38. The average Bonchev–Trinajstić information content (AvgIpc) is 3.89. The van der Waals surface area contributed by atoms with Gasteiger partial charge in [0.15, 0.2) is 0 Å². The number of ether oxygens (including phenoxy) is 9. The van der Waals surface area contributed by atoms with Gasteiger partial charge in [-0.1, -0.05) is 0 Å². The second-order valence-corrected chi connectivity index (χ2v) is 36.4. The molecule has 0 aliphatic carbocycles. The summed E-state index contributed by atoms with van der Waals surface area (Å²) < 4.78 is 85.2. The van der Waals surface area contributed by atoms with E-state index in [1.165, 1.54) is 254 Å². The Morgan fingerprint density at radius 2 is 0.933 bits per heavy atom. The van der Waals surface area contributed by atoms with Crippen molar-refractivity contribution in [1.29, 1.82) is 0 Å². The van der Waals surface area contributed by atoms with E-state index in [2.05, 4.69) is 100 Å². The maximum atomic E-state index is 9.96. The van der Waals surface area contributed by atoms with Crippen LogP contribution in [0.3, 0.4) is 0 Å². The Kier molecular flexibility index (Phi) is 116. The number of hydrogen-bond acceptors (Lipinski definition) is 26. The number of aliphatic hydroxyl groups excluding tert-OH is 2. The van der Waals surface area contributed by atoms with Gasteiger partial charge in [-0.3, -0.25) is 4.39 Å². The fourth-order valence-electron chi connectivity index (χ4n) is 1.99. The summed E-state index contributed by atoms with van der Waals surface area (Å²) in [5, 5.41) is 22.8. The normalized spacial score (nSPS) is 12.1. The van der Waals surface area contributed by atoms with Crippen molar-refractivity contribution >= 4 is 219 Å². The molecule has 1 saturated heterocycles. The first kappa shape index (κ1) is 116. The van der Waals surface area contributed by atoms with E-state index in [0.29, 0.717) is 25.8 Å². The molecule has 5 N–H and O–H groups in total. The van der Waals surface area contributed by atoms with E-state index in [4.69, 9.17) is 71.4 Å². The van der Waals surface area contributed by atoms with Crippen molar-refractivity contribution < 1.29 is 473 Å². The van der Waals surface area contributed by atoms with Crippen LogP contribution in [0.5, 0.6) is 0 Å². The number of alkyl halides is 2. The molecule has 5 heterocycles. The van der Waals surface area contributed by atoms with Gasteiger partial charge in [0, 0.05) is 4.38 Å². The number of thiocarbonyl (C=S) groups is 2. The van der Waals surface area contributed by atoms with Crippen LogP contribution in [0.2, 0.25) is 0 Å². The van der Waals surface area contributed by atoms with Crippen molar-refractivity contribution in [2.75, 3.05) is 72.6 Å². The predicted molar refractivity (Wildman–Crippen MR) is 300 cm³/mol. The van der Waals surface area contributed by atoms with Crippen molar-refractivity contribution in [3.63, 3.8) is 0 Å². The monoisotopic (exact) mass is 4470 g/mol. The molecule has 488 valence electrons. The maximum absolute atomic E-state index is 9.96. The Bertz CT molecular complexity index is 2450. The van der Waals surface area contributed by atoms with Crippen LogP contribution in [0.25, 0.3) is 4.85 Å². The molecule has 0 atom stereocenters. The summed E-state index contributed by atoms with van der Waals surface area (Å²) in [6.45, 7) is 8.52. The minimum Gasteiger partial charge on any atom is 1.00 e. The molecular formula is C40H38ClFKN7O14S7W18-6. The van der Waals surface area contributed by atoms with Gasteiger partial charge in [0.25, 0.3) is 0 Å². The number of carbonyl (C=O) groups excluding carboxylic acids is 3. The topological polar surface area (TPSA) is 267 Å². The second kappa shape index (κ2) is 89.2. The number of rotatable bonds is 7. The molecule has 5 aliphatic rings. The van der Waals surface area contributed by atoms with Crippen LogP contribution < -0.4 is 62.4 Å². The number of carbonyl (C=O) groups is 3. The second-order valence-electron chi connectivity index (χ2n) is 10.2. The zero-order chi connectivity index (χ0) is 71.6. The van der Waals surface area contributed by atoms with Crippen LogP contribution >= 0.6 is 83.1 Å². The summed E-state index contributed by atoms with van der Waals surface area (Å²) in [4.78, 5) is 49.1. The van der Waals surface area contributed by atoms with E-state index in [9.17, 15) is 18.8 Å². The zero-order valence-electron chi connectivity index (χ0n) is 46.9. The van der Waals surface area contributed by atoms with Crippen molar-refractivity contribution in [3.05, 3.63) is 11.4 Å². The number of nitrogens with one attached hydrogen (secondary N) is 1. The number of nitrogens with two attached hydrogens (primary N) is 1. The quantitative estimate of drug-likeness (QED) is 0.0353. The third kappa shape index (κ3) is 89.1. The molecule has 49 heteroatoms. The van der Waals surface area contributed by atoms with E-state index in [-0.39, 0.29) is 80.3 Å². The summed E-state index contributed by atoms with van der Waals surface area (Å²) in [5.41, 5.74) is 5.12. The largest absolute Gasteiger partial charge is 1.00 e. The Morgan fingerprint density at radius 1 is 0.697 bits per heavy atom. The maximum Gasteiger partial charge on any atom is 1.00 e. The molecule has 0 saturated carbocycles. The van der Waals surface area contributed by atoms with Crippen LogP contribution in [-0.4, -0.2) is 206 Å². The van der Waals surface area contributed by atoms with Gasteiger partial charge in [0.1, 0.15) is 0 Å². The van der Waals surface area contributed by atoms with Gasteiger partial charge in [0.2, 0.25) is 0 Å². The molecule has 89 heavy (non-hydrogen) atoms. The number of methoxy groups -OCH3 is 3. The van der Waals surface area contributed by atoms with Crippen LogP contribution in [0, 0.1) is 6.57 Å². The van der Waals surface area contributed by atoms with Crippen molar-refractivity contribution in [2.24, 2.45) is 25.7 Å². The molecule has 0 aromatic heterocycles. The first-order chi connectivity index (χ1) is 41.6. The number of esters is 3. The fraction of sp³-hybridized carbons (Fsp3) is 0.300. The molecule has 5 aliphatic heterocycles. The molecule has 5 rings (SSSR count).